The first-order valence-corrected chi connectivity index (χ1v) is 6.48. The van der Waals surface area contributed by atoms with Crippen molar-refractivity contribution in [1.82, 2.24) is 0 Å². The first kappa shape index (κ1) is 13.7. The number of carbonyl (C=O) groups excluding carboxylic acids is 1. The predicted octanol–water partition coefficient (Wildman–Crippen LogP) is 2.52. The van der Waals surface area contributed by atoms with Gasteiger partial charge in [0, 0.05) is 5.69 Å². The van der Waals surface area contributed by atoms with Crippen molar-refractivity contribution in [2.75, 3.05) is 19.0 Å². The molecule has 5 nitrogen and oxygen atoms in total. The fourth-order valence-electron chi connectivity index (χ4n) is 2.26. The van der Waals surface area contributed by atoms with Crippen LogP contribution in [0.15, 0.2) is 24.3 Å². The molecular formula is C14H20N2O3. The molecule has 0 bridgehead atoms. The van der Waals surface area contributed by atoms with Gasteiger partial charge in [-0.2, -0.15) is 0 Å². The van der Waals surface area contributed by atoms with E-state index >= 15 is 0 Å². The summed E-state index contributed by atoms with van der Waals surface area (Å²) in [6.07, 6.45) is 3.59. The molecule has 0 spiro atoms. The van der Waals surface area contributed by atoms with Crippen LogP contribution in [0.2, 0.25) is 0 Å². The smallest absolute Gasteiger partial charge is 0.411 e. The highest BCUT2D eigenvalue weighted by Crippen LogP contribution is 2.27. The van der Waals surface area contributed by atoms with Crippen molar-refractivity contribution in [2.45, 2.75) is 31.2 Å². The molecule has 0 aromatic heterocycles. The lowest BCUT2D eigenvalue weighted by Gasteiger charge is -2.22. The van der Waals surface area contributed by atoms with Crippen molar-refractivity contribution < 1.29 is 14.3 Å². The van der Waals surface area contributed by atoms with E-state index in [4.69, 9.17) is 15.2 Å². The van der Waals surface area contributed by atoms with Crippen LogP contribution in [0.1, 0.15) is 25.7 Å². The third kappa shape index (κ3) is 3.86. The number of hydrogen-bond acceptors (Lipinski definition) is 4. The molecule has 0 aliphatic heterocycles. The van der Waals surface area contributed by atoms with Gasteiger partial charge in [0.1, 0.15) is 12.4 Å². The number of anilines is 1. The maximum absolute atomic E-state index is 11.6. The Hall–Kier alpha value is -1.75. The summed E-state index contributed by atoms with van der Waals surface area (Å²) in [5.74, 6) is 0.741. The minimum Gasteiger partial charge on any atom is -0.497 e. The molecule has 1 aliphatic rings. The second-order valence-electron chi connectivity index (χ2n) is 5.00. The van der Waals surface area contributed by atoms with Gasteiger partial charge in [0.15, 0.2) is 0 Å². The molecule has 0 atom stereocenters. The second-order valence-corrected chi connectivity index (χ2v) is 5.00. The van der Waals surface area contributed by atoms with Crippen LogP contribution in [0, 0.1) is 0 Å². The maximum atomic E-state index is 11.6. The van der Waals surface area contributed by atoms with Crippen LogP contribution in [0.3, 0.4) is 0 Å². The van der Waals surface area contributed by atoms with E-state index < -0.39 is 6.09 Å². The number of carbonyl (C=O) groups is 1. The standard InChI is InChI=1S/C14H20N2O3/c1-18-12-6-4-11(5-7-12)16-13(17)19-10-14(15)8-2-3-9-14/h4-7H,2-3,8-10,15H2,1H3,(H,16,17). The monoisotopic (exact) mass is 264 g/mol. The molecule has 1 saturated carbocycles. The Labute approximate surface area is 113 Å². The summed E-state index contributed by atoms with van der Waals surface area (Å²) in [5, 5.41) is 2.66. The normalized spacial score (nSPS) is 16.9. The number of ether oxygens (including phenoxy) is 2. The van der Waals surface area contributed by atoms with Gasteiger partial charge in [-0.3, -0.25) is 5.32 Å². The van der Waals surface area contributed by atoms with E-state index in [0.717, 1.165) is 31.4 Å². The lowest BCUT2D eigenvalue weighted by atomic mass is 10.0. The molecule has 0 radical (unpaired) electrons. The molecule has 1 aromatic rings. The molecular weight excluding hydrogens is 244 g/mol. The maximum Gasteiger partial charge on any atom is 0.411 e. The van der Waals surface area contributed by atoms with Crippen molar-refractivity contribution in [3.05, 3.63) is 24.3 Å². The molecule has 1 fully saturated rings. The number of benzene rings is 1. The largest absolute Gasteiger partial charge is 0.497 e. The summed E-state index contributed by atoms with van der Waals surface area (Å²) >= 11 is 0. The molecule has 3 N–H and O–H groups in total. The minimum atomic E-state index is -0.470. The van der Waals surface area contributed by atoms with Crippen molar-refractivity contribution in [3.8, 4) is 5.75 Å². The second kappa shape index (κ2) is 5.93. The molecule has 104 valence electrons. The zero-order valence-electron chi connectivity index (χ0n) is 11.1. The Morgan fingerprint density at radius 1 is 1.32 bits per heavy atom. The van der Waals surface area contributed by atoms with Gasteiger partial charge < -0.3 is 15.2 Å². The van der Waals surface area contributed by atoms with Crippen molar-refractivity contribution in [2.24, 2.45) is 5.73 Å². The summed E-state index contributed by atoms with van der Waals surface area (Å²) in [5.41, 5.74) is 6.45. The third-order valence-corrected chi connectivity index (χ3v) is 3.43. The van der Waals surface area contributed by atoms with Gasteiger partial charge in [0.25, 0.3) is 0 Å². The Morgan fingerprint density at radius 3 is 2.53 bits per heavy atom. The third-order valence-electron chi connectivity index (χ3n) is 3.43. The van der Waals surface area contributed by atoms with Gasteiger partial charge in [0.05, 0.1) is 12.6 Å². The lowest BCUT2D eigenvalue weighted by Crippen LogP contribution is -2.42. The first-order valence-electron chi connectivity index (χ1n) is 6.48. The molecule has 1 aromatic carbocycles. The molecule has 1 aliphatic carbocycles. The lowest BCUT2D eigenvalue weighted by molar-refractivity contribution is 0.130. The number of nitrogens with two attached hydrogens (primary N) is 1. The first-order chi connectivity index (χ1) is 9.11. The van der Waals surface area contributed by atoms with Gasteiger partial charge in [0.2, 0.25) is 0 Å². The van der Waals surface area contributed by atoms with Crippen molar-refractivity contribution in [3.63, 3.8) is 0 Å². The predicted molar refractivity (Wildman–Crippen MR) is 73.4 cm³/mol. The van der Waals surface area contributed by atoms with E-state index in [1.165, 1.54) is 0 Å². The van der Waals surface area contributed by atoms with Gasteiger partial charge >= 0.3 is 6.09 Å². The summed E-state index contributed by atoms with van der Waals surface area (Å²) in [6, 6.07) is 7.07. The molecule has 0 saturated heterocycles. The van der Waals surface area contributed by atoms with Crippen molar-refractivity contribution >= 4 is 11.8 Å². The Morgan fingerprint density at radius 2 is 1.95 bits per heavy atom. The van der Waals surface area contributed by atoms with E-state index in [1.54, 1.807) is 31.4 Å². The zero-order valence-corrected chi connectivity index (χ0v) is 11.1. The van der Waals surface area contributed by atoms with Gasteiger partial charge in [-0.05, 0) is 37.1 Å². The molecule has 0 heterocycles. The van der Waals surface area contributed by atoms with Gasteiger partial charge in [-0.15, -0.1) is 0 Å². The molecule has 1 amide bonds. The molecule has 2 rings (SSSR count). The molecule has 19 heavy (non-hydrogen) atoms. The average Bonchev–Trinajstić information content (AvgIpc) is 2.85. The Balaban J connectivity index is 1.80. The van der Waals surface area contributed by atoms with Gasteiger partial charge in [-0.1, -0.05) is 12.8 Å². The fourth-order valence-corrected chi connectivity index (χ4v) is 2.26. The van der Waals surface area contributed by atoms with Crippen LogP contribution in [0.5, 0.6) is 5.75 Å². The summed E-state index contributed by atoms with van der Waals surface area (Å²) < 4.78 is 10.2. The summed E-state index contributed by atoms with van der Waals surface area (Å²) in [7, 11) is 1.60. The van der Waals surface area contributed by atoms with Gasteiger partial charge in [-0.25, -0.2) is 4.79 Å². The van der Waals surface area contributed by atoms with E-state index in [1.807, 2.05) is 0 Å². The molecule has 5 heteroatoms. The Kier molecular flexibility index (Phi) is 4.27. The van der Waals surface area contributed by atoms with Crippen molar-refractivity contribution in [1.29, 1.82) is 0 Å². The van der Waals surface area contributed by atoms with E-state index in [2.05, 4.69) is 5.32 Å². The SMILES string of the molecule is COc1ccc(NC(=O)OCC2(N)CCCC2)cc1. The van der Waals surface area contributed by atoms with E-state index in [-0.39, 0.29) is 12.1 Å². The molecule has 0 unspecified atom stereocenters. The number of rotatable bonds is 4. The summed E-state index contributed by atoms with van der Waals surface area (Å²) in [4.78, 5) is 11.6. The Bertz CT molecular complexity index is 425. The number of nitrogens with one attached hydrogen (secondary N) is 1. The minimum absolute atomic E-state index is 0.273. The van der Waals surface area contributed by atoms with Crippen LogP contribution in [-0.2, 0) is 4.74 Å². The topological polar surface area (TPSA) is 73.6 Å². The highest BCUT2D eigenvalue weighted by Gasteiger charge is 2.30. The highest BCUT2D eigenvalue weighted by atomic mass is 16.5. The van der Waals surface area contributed by atoms with Crippen LogP contribution in [0.4, 0.5) is 10.5 Å². The number of hydrogen-bond donors (Lipinski definition) is 2. The van der Waals surface area contributed by atoms with Crippen LogP contribution in [-0.4, -0.2) is 25.3 Å². The van der Waals surface area contributed by atoms with E-state index in [0.29, 0.717) is 5.69 Å². The van der Waals surface area contributed by atoms with Crippen LogP contribution >= 0.6 is 0 Å². The fraction of sp³-hybridized carbons (Fsp3) is 0.500. The summed E-state index contributed by atoms with van der Waals surface area (Å²) in [6.45, 7) is 0.273. The number of amides is 1. The zero-order chi connectivity index (χ0) is 13.7. The average molecular weight is 264 g/mol. The highest BCUT2D eigenvalue weighted by molar-refractivity contribution is 5.84. The van der Waals surface area contributed by atoms with Crippen LogP contribution < -0.4 is 15.8 Å². The number of methoxy groups -OCH3 is 1. The van der Waals surface area contributed by atoms with Crippen LogP contribution in [0.25, 0.3) is 0 Å². The quantitative estimate of drug-likeness (QED) is 0.876. The van der Waals surface area contributed by atoms with E-state index in [9.17, 15) is 4.79 Å².